The number of fused-ring (bicyclic) bond motifs is 22. The summed E-state index contributed by atoms with van der Waals surface area (Å²) in [5, 5.41) is 11.3. The molecule has 1 unspecified atom stereocenters. The highest BCUT2D eigenvalue weighted by atomic mass is 32.2. The third-order valence-corrected chi connectivity index (χ3v) is 25.7. The standard InChI is InChI=1S/C100H96N10O2S2/c1-18-20-25-55(19-2)54-109-94(111)76-52-79(113-63-38-30-56(31-39-63)96(3,4)5)83-70-29-24-28-69-78(47-46-71(81(69)70)84-80(53-77(95(109)112)82(76)85(83)84)114-64-40-32-57(33-41-64)97(6,7)8)110(61-26-22-21-23-27-61)62-37-45-68-75(51-62)93-107-88-67-44-36-60(100(15,16)17)50-74(67)91(105-88)103-86-65-42-34-58(98(9,10)11)48-72(65)90(101-86)102-87-66-43-35-59(99(12,13)14)49-73(66)92(104-87)106-89(68)108-93/h21-24,26-53,55H,18-20,25,54H2,1-17H3,(H2,101,102,103,104,105,106,107,108). The number of aromatic nitrogens is 8. The van der Waals surface area contributed by atoms with Crippen molar-refractivity contribution < 1.29 is 9.59 Å². The number of hydrogen-bond donors (Lipinski definition) is 2. The second-order valence-electron chi connectivity index (χ2n) is 36.6. The summed E-state index contributed by atoms with van der Waals surface area (Å²) in [7, 11) is 0. The molecule has 0 aliphatic carbocycles. The van der Waals surface area contributed by atoms with Gasteiger partial charge in [0, 0.05) is 119 Å². The van der Waals surface area contributed by atoms with E-state index in [0.29, 0.717) is 63.6 Å². The molecule has 0 spiro atoms. The number of H-pyrrole nitrogens is 2. The molecule has 3 aromatic heterocycles. The summed E-state index contributed by atoms with van der Waals surface area (Å²) in [6.45, 7) is 38.3. The lowest BCUT2D eigenvalue weighted by atomic mass is 9.84. The number of rotatable bonds is 13. The summed E-state index contributed by atoms with van der Waals surface area (Å²) in [5.74, 6) is 1.84. The average molecular weight is 1530 g/mol. The zero-order chi connectivity index (χ0) is 79.6. The van der Waals surface area contributed by atoms with Gasteiger partial charge in [-0.1, -0.05) is 264 Å². The third-order valence-electron chi connectivity index (χ3n) is 23.6. The molecule has 0 radical (unpaired) electrons. The van der Waals surface area contributed by atoms with Gasteiger partial charge in [-0.05, 0) is 174 Å². The zero-order valence-corrected chi connectivity index (χ0v) is 69.9. The van der Waals surface area contributed by atoms with E-state index in [2.05, 4.69) is 327 Å². The Balaban J connectivity index is 0.907. The smallest absolute Gasteiger partial charge is 0.261 e. The number of carbonyl (C=O) groups excluding carboxylic acids is 2. The minimum atomic E-state index is -0.235. The number of nitrogens with one attached hydrogen (secondary N) is 2. The fraction of sp³-hybridized carbons (Fsp3) is 0.280. The van der Waals surface area contributed by atoms with Crippen LogP contribution in [0.25, 0.3) is 133 Å². The molecule has 0 saturated heterocycles. The third kappa shape index (κ3) is 12.9. The SMILES string of the molecule is CCCCC(CC)CN1C(=O)c2cc(Sc3ccc(C(C)(C)C)cc3)c3c4cccc5c(N(c6ccccc6)c6ccc7c8nc9nc(nc%10[nH]c(nc%11nc(nc([nH]8)c7c6)-c6ccc(C(C)(C)C)cc6-%11)c6ccc(C(C)(C)C)cc%106)-c6ccc(C(C)(C)C)cc6-9)ccc(c6c(Sc7ccc(C(C)(C)C)cc7)cc(c2c36)C1=O)c54. The number of nitrogens with zero attached hydrogens (tertiary/aromatic N) is 8. The molecule has 0 fully saturated rings. The second kappa shape index (κ2) is 27.3. The number of hydrogen-bond acceptors (Lipinski definition) is 11. The van der Waals surface area contributed by atoms with Gasteiger partial charge in [-0.25, -0.2) is 29.9 Å². The minimum Gasteiger partial charge on any atom is -0.324 e. The van der Waals surface area contributed by atoms with Gasteiger partial charge in [-0.15, -0.1) is 0 Å². The first-order chi connectivity index (χ1) is 54.4. The molecule has 570 valence electrons. The maximum atomic E-state index is 15.8. The van der Waals surface area contributed by atoms with Crippen molar-refractivity contribution in [3.05, 3.63) is 233 Å². The van der Waals surface area contributed by atoms with E-state index < -0.39 is 0 Å². The van der Waals surface area contributed by atoms with Crippen molar-refractivity contribution in [1.82, 2.24) is 44.8 Å². The Morgan fingerprint density at radius 3 is 1.28 bits per heavy atom. The number of benzene rings is 12. The Bertz CT molecular complexity index is 6530. The van der Waals surface area contributed by atoms with Crippen molar-refractivity contribution >= 4 is 140 Å². The average Bonchev–Trinajstić information content (AvgIpc) is 1.00. The van der Waals surface area contributed by atoms with Crippen LogP contribution in [0.1, 0.15) is 192 Å². The van der Waals surface area contributed by atoms with Crippen molar-refractivity contribution in [3.63, 3.8) is 0 Å². The molecule has 8 bridgehead atoms. The summed E-state index contributed by atoms with van der Waals surface area (Å²) < 4.78 is 0. The van der Waals surface area contributed by atoms with E-state index in [1.165, 1.54) is 16.7 Å². The van der Waals surface area contributed by atoms with Crippen molar-refractivity contribution in [2.24, 2.45) is 5.92 Å². The Morgan fingerprint density at radius 1 is 0.360 bits per heavy atom. The number of carbonyl (C=O) groups is 2. The largest absolute Gasteiger partial charge is 0.324 e. The topological polar surface area (TPSA) is 150 Å². The van der Waals surface area contributed by atoms with Crippen molar-refractivity contribution in [2.75, 3.05) is 11.4 Å². The highest BCUT2D eigenvalue weighted by Gasteiger charge is 2.39. The van der Waals surface area contributed by atoms with E-state index in [-0.39, 0.29) is 44.8 Å². The number of para-hydroxylation sites is 1. The van der Waals surface area contributed by atoms with Crippen LogP contribution >= 0.6 is 23.5 Å². The molecule has 3 aliphatic heterocycles. The van der Waals surface area contributed by atoms with E-state index >= 15 is 9.59 Å². The van der Waals surface area contributed by atoms with Gasteiger partial charge < -0.3 is 14.9 Å². The van der Waals surface area contributed by atoms with Crippen molar-refractivity contribution in [1.29, 1.82) is 0 Å². The van der Waals surface area contributed by atoms with E-state index in [4.69, 9.17) is 29.9 Å². The van der Waals surface area contributed by atoms with Crippen LogP contribution in [0, 0.1) is 5.92 Å². The van der Waals surface area contributed by atoms with Crippen LogP contribution in [0.15, 0.2) is 214 Å². The van der Waals surface area contributed by atoms with Gasteiger partial charge in [-0.3, -0.25) is 14.5 Å². The second-order valence-corrected chi connectivity index (χ2v) is 38.9. The van der Waals surface area contributed by atoms with E-state index in [9.17, 15) is 0 Å². The quantitative estimate of drug-likeness (QED) is 0.0645. The first kappa shape index (κ1) is 74.4. The summed E-state index contributed by atoms with van der Waals surface area (Å²) >= 11 is 3.38. The minimum absolute atomic E-state index is 0.0580. The lowest BCUT2D eigenvalue weighted by molar-refractivity contribution is 0.0579. The summed E-state index contributed by atoms with van der Waals surface area (Å²) in [6, 6.07) is 70.3. The Morgan fingerprint density at radius 2 is 0.789 bits per heavy atom. The van der Waals surface area contributed by atoms with Gasteiger partial charge in [0.25, 0.3) is 11.8 Å². The summed E-state index contributed by atoms with van der Waals surface area (Å²) in [4.78, 5) is 80.2. The van der Waals surface area contributed by atoms with Crippen LogP contribution in [0.3, 0.4) is 0 Å². The number of aromatic amines is 2. The molecular formula is C100H96N10O2S2. The number of unbranched alkanes of at least 4 members (excludes halogenated alkanes) is 1. The van der Waals surface area contributed by atoms with Crippen LogP contribution in [0.2, 0.25) is 0 Å². The van der Waals surface area contributed by atoms with E-state index in [1.54, 1.807) is 28.4 Å². The predicted octanol–water partition coefficient (Wildman–Crippen LogP) is 27.0. The van der Waals surface area contributed by atoms with Crippen molar-refractivity contribution in [3.8, 4) is 45.6 Å². The Hall–Kier alpha value is -11.1. The molecule has 0 saturated carbocycles. The molecule has 14 heteroatoms. The lowest BCUT2D eigenvalue weighted by Crippen LogP contribution is -2.43. The molecule has 15 aromatic rings. The molecule has 18 rings (SSSR count). The molecule has 6 heterocycles. The van der Waals surface area contributed by atoms with Gasteiger partial charge in [0.1, 0.15) is 22.6 Å². The maximum absolute atomic E-state index is 15.8. The van der Waals surface area contributed by atoms with E-state index in [0.717, 1.165) is 160 Å². The maximum Gasteiger partial charge on any atom is 0.261 e. The normalized spacial score (nSPS) is 13.7. The number of amides is 2. The fourth-order valence-electron chi connectivity index (χ4n) is 17.0. The van der Waals surface area contributed by atoms with Gasteiger partial charge >= 0.3 is 0 Å². The fourth-order valence-corrected chi connectivity index (χ4v) is 19.0. The van der Waals surface area contributed by atoms with Crippen molar-refractivity contribution in [2.45, 2.75) is 190 Å². The number of anilines is 3. The van der Waals surface area contributed by atoms with E-state index in [1.807, 2.05) is 0 Å². The molecule has 2 amide bonds. The van der Waals surface area contributed by atoms with Crippen LogP contribution < -0.4 is 4.90 Å². The van der Waals surface area contributed by atoms with Crippen LogP contribution in [0.4, 0.5) is 17.1 Å². The highest BCUT2D eigenvalue weighted by molar-refractivity contribution is 8.00. The molecular weight excluding hydrogens is 1440 g/mol. The summed E-state index contributed by atoms with van der Waals surface area (Å²) in [6.07, 6.45) is 3.88. The van der Waals surface area contributed by atoms with Gasteiger partial charge in [0.2, 0.25) is 0 Å². The molecule has 12 aromatic carbocycles. The molecule has 12 nitrogen and oxygen atoms in total. The number of imide groups is 1. The monoisotopic (exact) mass is 1530 g/mol. The summed E-state index contributed by atoms with van der Waals surface area (Å²) in [5.41, 5.74) is 15.2. The zero-order valence-electron chi connectivity index (χ0n) is 68.3. The van der Waals surface area contributed by atoms with Gasteiger partial charge in [0.05, 0.1) is 5.69 Å². The highest BCUT2D eigenvalue weighted by Crippen LogP contribution is 2.55. The molecule has 2 N–H and O–H groups in total. The lowest BCUT2D eigenvalue weighted by Gasteiger charge is -2.32. The molecule has 3 aliphatic rings. The first-order valence-electron chi connectivity index (χ1n) is 40.3. The van der Waals surface area contributed by atoms with Gasteiger partial charge in [-0.2, -0.15) is 0 Å². The molecule has 1 atom stereocenters. The predicted molar refractivity (Wildman–Crippen MR) is 475 cm³/mol. The first-order valence-corrected chi connectivity index (χ1v) is 41.9. The van der Waals surface area contributed by atoms with Crippen LogP contribution in [-0.2, 0) is 27.1 Å². The Labute approximate surface area is 675 Å². The van der Waals surface area contributed by atoms with Crippen LogP contribution in [-0.4, -0.2) is 63.1 Å². The Kier molecular flexibility index (Phi) is 17.8. The molecule has 114 heavy (non-hydrogen) atoms. The van der Waals surface area contributed by atoms with Gasteiger partial charge in [0.15, 0.2) is 23.3 Å². The van der Waals surface area contributed by atoms with Crippen LogP contribution in [0.5, 0.6) is 0 Å².